The van der Waals surface area contributed by atoms with Crippen LogP contribution in [0.1, 0.15) is 80.6 Å². The monoisotopic (exact) mass is 637 g/mol. The van der Waals surface area contributed by atoms with E-state index in [0.717, 1.165) is 19.3 Å². The highest BCUT2D eigenvalue weighted by Gasteiger charge is 2.72. The van der Waals surface area contributed by atoms with E-state index in [-0.39, 0.29) is 33.8 Å². The summed E-state index contributed by atoms with van der Waals surface area (Å²) >= 11 is 0. The number of sulfonamides is 1. The van der Waals surface area contributed by atoms with Gasteiger partial charge in [0.1, 0.15) is 0 Å². The average molecular weight is 638 g/mol. The van der Waals surface area contributed by atoms with E-state index in [2.05, 4.69) is 90.1 Å². The van der Waals surface area contributed by atoms with Gasteiger partial charge < -0.3 is 9.53 Å². The van der Waals surface area contributed by atoms with Gasteiger partial charge in [0.15, 0.2) is 0 Å². The number of nitrogens with zero attached hydrogens (tertiary/aromatic N) is 1. The molecule has 1 amide bonds. The number of hydrogen-bond donors (Lipinski definition) is 1. The summed E-state index contributed by atoms with van der Waals surface area (Å²) < 4.78 is 35.0. The van der Waals surface area contributed by atoms with Crippen molar-refractivity contribution in [2.45, 2.75) is 104 Å². The maximum Gasteiger partial charge on any atom is 0.261 e. The molecule has 3 aliphatic rings. The van der Waals surface area contributed by atoms with Crippen molar-refractivity contribution in [2.24, 2.45) is 22.7 Å². The van der Waals surface area contributed by atoms with Crippen LogP contribution >= 0.6 is 0 Å². The van der Waals surface area contributed by atoms with E-state index in [0.29, 0.717) is 18.8 Å². The number of benzene rings is 2. The van der Waals surface area contributed by atoms with Gasteiger partial charge in [0.25, 0.3) is 8.32 Å². The van der Waals surface area contributed by atoms with Gasteiger partial charge in [-0.1, -0.05) is 114 Å². The zero-order chi connectivity index (χ0) is 32.1. The summed E-state index contributed by atoms with van der Waals surface area (Å²) in [5, 5.41) is 13.4. The number of carbonyl (C=O) groups is 1. The summed E-state index contributed by atoms with van der Waals surface area (Å²) in [6, 6.07) is 20.8. The summed E-state index contributed by atoms with van der Waals surface area (Å²) in [4.78, 5) is 13.6. The van der Waals surface area contributed by atoms with Crippen LogP contribution in [-0.4, -0.2) is 56.1 Å². The lowest BCUT2D eigenvalue weighted by molar-refractivity contribution is -0.136. The molecule has 1 heterocycles. The van der Waals surface area contributed by atoms with Gasteiger partial charge >= 0.3 is 0 Å². The summed E-state index contributed by atoms with van der Waals surface area (Å²) in [5.74, 6) is -0.748. The molecule has 3 fully saturated rings. The molecule has 240 valence electrons. The van der Waals surface area contributed by atoms with Crippen LogP contribution < -0.4 is 10.4 Å². The van der Waals surface area contributed by atoms with Crippen molar-refractivity contribution in [3.05, 3.63) is 72.8 Å². The number of rotatable bonds is 10. The van der Waals surface area contributed by atoms with Crippen molar-refractivity contribution in [1.82, 2.24) is 4.31 Å². The lowest BCUT2D eigenvalue weighted by Crippen LogP contribution is -2.67. The molecule has 2 saturated carbocycles. The van der Waals surface area contributed by atoms with E-state index < -0.39 is 36.3 Å². The first kappa shape index (κ1) is 33.1. The fourth-order valence-corrected chi connectivity index (χ4v) is 16.0. The summed E-state index contributed by atoms with van der Waals surface area (Å²) in [6.07, 6.45) is 6.51. The standard InChI is InChI=1S/C36H51NO5SSi/c1-26(42-44(34(3,4)5,29-17-10-8-11-18-29)30-19-12-9-13-20-30)16-14-15-21-31(38)27(2)33(39)37-32-24-28-22-23-36(32,35(28,6)7)25-43(37,40)41/h8-14,16-20,26-28,31-32,38H,15,21-25H2,1-7H3/b16-14-/t26-,27+,28+,31-,32+,36+/m0/s1. The molecule has 5 rings (SSSR count). The lowest BCUT2D eigenvalue weighted by Gasteiger charge is -2.44. The van der Waals surface area contributed by atoms with Crippen molar-refractivity contribution < 1.29 is 22.7 Å². The maximum absolute atomic E-state index is 13.6. The Hall–Kier alpha value is -2.26. The third kappa shape index (κ3) is 5.33. The number of fused-ring (bicyclic) bond motifs is 1. The minimum atomic E-state index is -3.70. The first-order valence-corrected chi connectivity index (χ1v) is 19.8. The quantitative estimate of drug-likeness (QED) is 0.269. The minimum absolute atomic E-state index is 0.0503. The molecule has 1 spiro atoms. The number of carbonyl (C=O) groups excluding carboxylic acids is 1. The van der Waals surface area contributed by atoms with Crippen LogP contribution in [0.5, 0.6) is 0 Å². The second kappa shape index (κ2) is 11.8. The summed E-state index contributed by atoms with van der Waals surface area (Å²) in [6.45, 7) is 14.8. The molecule has 2 bridgehead atoms. The number of aliphatic hydroxyl groups is 1. The van der Waals surface area contributed by atoms with Gasteiger partial charge in [-0.25, -0.2) is 12.7 Å². The Morgan fingerprint density at radius 3 is 2.16 bits per heavy atom. The van der Waals surface area contributed by atoms with Crippen LogP contribution in [0.15, 0.2) is 72.8 Å². The fraction of sp³-hybridized carbons (Fsp3) is 0.583. The molecule has 0 radical (unpaired) electrons. The molecule has 1 saturated heterocycles. The highest BCUT2D eigenvalue weighted by atomic mass is 32.2. The van der Waals surface area contributed by atoms with Crippen molar-refractivity contribution in [1.29, 1.82) is 0 Å². The smallest absolute Gasteiger partial charge is 0.261 e. The lowest BCUT2D eigenvalue weighted by atomic mass is 9.69. The first-order valence-electron chi connectivity index (χ1n) is 16.3. The minimum Gasteiger partial charge on any atom is -0.401 e. The molecular formula is C36H51NO5SSi. The third-order valence-electron chi connectivity index (χ3n) is 11.4. The van der Waals surface area contributed by atoms with Gasteiger partial charge in [-0.2, -0.15) is 0 Å². The molecule has 2 aliphatic carbocycles. The summed E-state index contributed by atoms with van der Waals surface area (Å²) in [5.41, 5.74) is -0.458. The SMILES string of the molecule is C[C@@H](/C=C\CC[C@H](O)[C@@H](C)C(=O)N1[C@@H]2C[C@H]3CC[C@]2(CS1(=O)=O)C3(C)C)O[Si](c1ccccc1)(c1ccccc1)C(C)(C)C. The Morgan fingerprint density at radius 1 is 1.07 bits per heavy atom. The molecule has 6 atom stereocenters. The highest BCUT2D eigenvalue weighted by Crippen LogP contribution is 2.70. The van der Waals surface area contributed by atoms with Crippen LogP contribution in [0.4, 0.5) is 0 Å². The normalized spacial score (nSPS) is 27.8. The number of aliphatic hydroxyl groups excluding tert-OH is 1. The molecule has 2 aromatic rings. The Labute approximate surface area is 266 Å². The predicted octanol–water partition coefficient (Wildman–Crippen LogP) is 5.65. The first-order chi connectivity index (χ1) is 20.6. The van der Waals surface area contributed by atoms with Crippen LogP contribution in [0, 0.1) is 22.7 Å². The Kier molecular flexibility index (Phi) is 8.90. The number of hydrogen-bond acceptors (Lipinski definition) is 5. The van der Waals surface area contributed by atoms with Crippen molar-refractivity contribution in [3.8, 4) is 0 Å². The molecular weight excluding hydrogens is 587 g/mol. The zero-order valence-electron chi connectivity index (χ0n) is 27.5. The van der Waals surface area contributed by atoms with Crippen molar-refractivity contribution >= 4 is 34.6 Å². The fourth-order valence-electron chi connectivity index (χ4n) is 8.76. The molecule has 0 unspecified atom stereocenters. The summed E-state index contributed by atoms with van der Waals surface area (Å²) in [7, 11) is -6.40. The predicted molar refractivity (Wildman–Crippen MR) is 180 cm³/mol. The molecule has 2 aromatic carbocycles. The Morgan fingerprint density at radius 2 is 1.64 bits per heavy atom. The van der Waals surface area contributed by atoms with E-state index in [4.69, 9.17) is 4.43 Å². The van der Waals surface area contributed by atoms with Gasteiger partial charge in [-0.15, -0.1) is 0 Å². The van der Waals surface area contributed by atoms with Crippen molar-refractivity contribution in [3.63, 3.8) is 0 Å². The zero-order valence-corrected chi connectivity index (χ0v) is 29.3. The van der Waals surface area contributed by atoms with Gasteiger partial charge in [0.05, 0.1) is 29.9 Å². The van der Waals surface area contributed by atoms with E-state index in [1.54, 1.807) is 6.92 Å². The Balaban J connectivity index is 1.25. The molecule has 8 heteroatoms. The number of allylic oxidation sites excluding steroid dienone is 1. The van der Waals surface area contributed by atoms with Crippen LogP contribution in [-0.2, 0) is 19.2 Å². The van der Waals surface area contributed by atoms with E-state index in [1.165, 1.54) is 14.7 Å². The molecule has 0 aromatic heterocycles. The van der Waals surface area contributed by atoms with Gasteiger partial charge in [0, 0.05) is 5.41 Å². The number of amides is 1. The van der Waals surface area contributed by atoms with E-state index >= 15 is 0 Å². The second-order valence-electron chi connectivity index (χ2n) is 15.1. The molecule has 1 aliphatic heterocycles. The Bertz CT molecular complexity index is 1430. The molecule has 6 nitrogen and oxygen atoms in total. The maximum atomic E-state index is 13.6. The topological polar surface area (TPSA) is 83.9 Å². The average Bonchev–Trinajstić information content (AvgIpc) is 3.46. The van der Waals surface area contributed by atoms with E-state index in [9.17, 15) is 18.3 Å². The van der Waals surface area contributed by atoms with Gasteiger partial charge in [0.2, 0.25) is 15.9 Å². The third-order valence-corrected chi connectivity index (χ3v) is 18.5. The highest BCUT2D eigenvalue weighted by molar-refractivity contribution is 7.90. The molecule has 44 heavy (non-hydrogen) atoms. The van der Waals surface area contributed by atoms with Crippen LogP contribution in [0.25, 0.3) is 0 Å². The van der Waals surface area contributed by atoms with Crippen LogP contribution in [0.3, 0.4) is 0 Å². The second-order valence-corrected chi connectivity index (χ2v) is 21.2. The largest absolute Gasteiger partial charge is 0.401 e. The van der Waals surface area contributed by atoms with Gasteiger partial charge in [-0.3, -0.25) is 4.79 Å². The molecule has 1 N–H and O–H groups in total. The van der Waals surface area contributed by atoms with Crippen LogP contribution in [0.2, 0.25) is 5.04 Å². The van der Waals surface area contributed by atoms with Crippen molar-refractivity contribution in [2.75, 3.05) is 5.75 Å². The van der Waals surface area contributed by atoms with E-state index in [1.807, 2.05) is 24.3 Å². The van der Waals surface area contributed by atoms with Gasteiger partial charge in [-0.05, 0) is 65.8 Å².